The summed E-state index contributed by atoms with van der Waals surface area (Å²) in [5, 5.41) is 14.4. The number of benzene rings is 1. The van der Waals surface area contributed by atoms with E-state index in [1.165, 1.54) is 6.07 Å². The zero-order chi connectivity index (χ0) is 27.3. The van der Waals surface area contributed by atoms with Crippen LogP contribution in [-0.2, 0) is 17.8 Å². The highest BCUT2D eigenvalue weighted by atomic mass is 19.1. The summed E-state index contributed by atoms with van der Waals surface area (Å²) in [5.74, 6) is 0.438. The maximum atomic E-state index is 14.3. The molecule has 202 valence electrons. The van der Waals surface area contributed by atoms with E-state index in [1.807, 2.05) is 34.2 Å². The number of halogens is 1. The molecule has 2 N–H and O–H groups in total. The smallest absolute Gasteiger partial charge is 0.326 e. The quantitative estimate of drug-likeness (QED) is 0.480. The number of carbonyl (C=O) groups excluding carboxylic acids is 2. The van der Waals surface area contributed by atoms with Gasteiger partial charge in [0.15, 0.2) is 0 Å². The lowest BCUT2D eigenvalue weighted by Gasteiger charge is -2.43. The Bertz CT molecular complexity index is 1260. The van der Waals surface area contributed by atoms with Gasteiger partial charge in [0.25, 0.3) is 0 Å². The minimum absolute atomic E-state index is 0.0566. The Balaban J connectivity index is 0.000000786. The molecule has 2 amide bonds. The average Bonchev–Trinajstić information content (AvgIpc) is 3.56. The molecule has 4 heterocycles. The number of hydrogen-bond donors (Lipinski definition) is 2. The van der Waals surface area contributed by atoms with E-state index in [9.17, 15) is 9.18 Å². The summed E-state index contributed by atoms with van der Waals surface area (Å²) in [5.41, 5.74) is 4.11. The fraction of sp³-hybridized carbons (Fsp3) is 0.429. The van der Waals surface area contributed by atoms with Crippen molar-refractivity contribution in [3.05, 3.63) is 65.4 Å². The van der Waals surface area contributed by atoms with Gasteiger partial charge in [-0.2, -0.15) is 5.10 Å². The second-order valence-electron chi connectivity index (χ2n) is 9.86. The number of piperidine rings is 1. The molecule has 10 heteroatoms. The van der Waals surface area contributed by atoms with Gasteiger partial charge in [-0.15, -0.1) is 0 Å². The Kier molecular flexibility index (Phi) is 8.53. The molecule has 1 aromatic carbocycles. The molecule has 2 aromatic heterocycles. The molecule has 2 saturated heterocycles. The summed E-state index contributed by atoms with van der Waals surface area (Å²) in [6.07, 6.45) is 6.58. The van der Waals surface area contributed by atoms with Gasteiger partial charge >= 0.3 is 6.03 Å². The number of rotatable bonds is 6. The van der Waals surface area contributed by atoms with Crippen molar-refractivity contribution in [1.82, 2.24) is 25.0 Å². The third-order valence-corrected chi connectivity index (χ3v) is 7.57. The highest BCUT2D eigenvalue weighted by Gasteiger charge is 2.51. The number of hydrogen-bond acceptors (Lipinski definition) is 6. The van der Waals surface area contributed by atoms with E-state index >= 15 is 0 Å². The first-order valence-electron chi connectivity index (χ1n) is 12.9. The number of amides is 2. The summed E-state index contributed by atoms with van der Waals surface area (Å²) in [6.45, 7) is 6.33. The van der Waals surface area contributed by atoms with Gasteiger partial charge in [-0.1, -0.05) is 19.1 Å². The summed E-state index contributed by atoms with van der Waals surface area (Å²) in [6, 6.07) is 9.02. The Labute approximate surface area is 222 Å². The van der Waals surface area contributed by atoms with Crippen LogP contribution < -0.4 is 4.90 Å². The Morgan fingerprint density at radius 2 is 1.95 bits per heavy atom. The summed E-state index contributed by atoms with van der Waals surface area (Å²) in [7, 11) is 2.12. The number of likely N-dealkylation sites (tertiary alicyclic amines) is 1. The molecule has 0 radical (unpaired) electrons. The molecule has 38 heavy (non-hydrogen) atoms. The van der Waals surface area contributed by atoms with Crippen molar-refractivity contribution in [1.29, 1.82) is 0 Å². The molecule has 2 fully saturated rings. The molecule has 0 atom stereocenters. The lowest BCUT2D eigenvalue weighted by molar-refractivity contribution is -0.110. The lowest BCUT2D eigenvalue weighted by atomic mass is 9.86. The van der Waals surface area contributed by atoms with Crippen LogP contribution in [0.2, 0.25) is 0 Å². The second kappa shape index (κ2) is 11.8. The number of urea groups is 1. The number of H-pyrrole nitrogens is 1. The van der Waals surface area contributed by atoms with Crippen LogP contribution in [0.3, 0.4) is 0 Å². The van der Waals surface area contributed by atoms with Crippen molar-refractivity contribution >= 4 is 18.1 Å². The van der Waals surface area contributed by atoms with E-state index in [0.29, 0.717) is 30.8 Å². The molecule has 5 rings (SSSR count). The van der Waals surface area contributed by atoms with E-state index < -0.39 is 0 Å². The zero-order valence-corrected chi connectivity index (χ0v) is 22.2. The molecule has 0 unspecified atom stereocenters. The minimum Gasteiger partial charge on any atom is -0.389 e. The minimum atomic E-state index is -0.361. The van der Waals surface area contributed by atoms with Gasteiger partial charge < -0.3 is 19.7 Å². The van der Waals surface area contributed by atoms with Crippen molar-refractivity contribution in [2.45, 2.75) is 45.2 Å². The molecule has 1 spiro atoms. The Morgan fingerprint density at radius 3 is 2.58 bits per heavy atom. The Morgan fingerprint density at radius 1 is 1.21 bits per heavy atom. The molecule has 2 aliphatic heterocycles. The summed E-state index contributed by atoms with van der Waals surface area (Å²) < 4.78 is 14.3. The van der Waals surface area contributed by atoms with Crippen molar-refractivity contribution < 1.29 is 19.1 Å². The number of pyridine rings is 1. The molecule has 2 aliphatic rings. The first-order chi connectivity index (χ1) is 18.3. The van der Waals surface area contributed by atoms with E-state index in [-0.39, 0.29) is 24.0 Å². The molecule has 0 aliphatic carbocycles. The van der Waals surface area contributed by atoms with Crippen molar-refractivity contribution in [2.75, 3.05) is 38.2 Å². The number of anilines is 1. The fourth-order valence-corrected chi connectivity index (χ4v) is 5.24. The van der Waals surface area contributed by atoms with Crippen molar-refractivity contribution in [2.24, 2.45) is 0 Å². The van der Waals surface area contributed by atoms with Gasteiger partial charge in [-0.3, -0.25) is 10.00 Å². The maximum absolute atomic E-state index is 14.3. The van der Waals surface area contributed by atoms with Gasteiger partial charge in [0.05, 0.1) is 30.6 Å². The topological polar surface area (TPSA) is 106 Å². The number of aliphatic hydroxyl groups excluding tert-OH is 1. The van der Waals surface area contributed by atoms with E-state index in [4.69, 9.17) is 14.9 Å². The SMILES string of the molecule is CCc1nc(N2CC3(CCN(C)CC3)N(Cc3cccc(F)c3C)C2=O)ccc1-c1cn[nH]c1.O=CCO. The van der Waals surface area contributed by atoms with Crippen LogP contribution in [-0.4, -0.2) is 81.2 Å². The number of aromatic nitrogens is 3. The number of nitrogens with one attached hydrogen (secondary N) is 1. The molecule has 0 bridgehead atoms. The van der Waals surface area contributed by atoms with Crippen molar-refractivity contribution in [3.63, 3.8) is 0 Å². The first-order valence-corrected chi connectivity index (χ1v) is 12.9. The third kappa shape index (κ3) is 5.46. The number of aromatic amines is 1. The standard InChI is InChI=1S/C26H31FN6O.C2H4O2/c1-4-23-21(20-14-28-29-15-20)8-9-24(30-23)32-17-26(10-12-31(3)13-11-26)33(25(32)34)16-19-6-5-7-22(27)18(19)2;3-1-2-4/h5-9,14-15H,4,10-13,16-17H2,1-3H3,(H,28,29);1,4H,2H2. The molecule has 3 aromatic rings. The molecular weight excluding hydrogens is 487 g/mol. The van der Waals surface area contributed by atoms with Gasteiger partial charge in [0, 0.05) is 37.0 Å². The van der Waals surface area contributed by atoms with Gasteiger partial charge in [0.2, 0.25) is 0 Å². The van der Waals surface area contributed by atoms with Gasteiger partial charge in [0.1, 0.15) is 17.9 Å². The van der Waals surface area contributed by atoms with Gasteiger partial charge in [-0.05, 0) is 62.6 Å². The van der Waals surface area contributed by atoms with Crippen LogP contribution in [0.5, 0.6) is 0 Å². The lowest BCUT2D eigenvalue weighted by Crippen LogP contribution is -2.53. The summed E-state index contributed by atoms with van der Waals surface area (Å²) in [4.78, 5) is 33.8. The third-order valence-electron chi connectivity index (χ3n) is 7.57. The van der Waals surface area contributed by atoms with E-state index in [2.05, 4.69) is 29.1 Å². The summed E-state index contributed by atoms with van der Waals surface area (Å²) >= 11 is 0. The van der Waals surface area contributed by atoms with E-state index in [1.54, 1.807) is 19.2 Å². The van der Waals surface area contributed by atoms with Crippen LogP contribution in [0, 0.1) is 12.7 Å². The monoisotopic (exact) mass is 522 g/mol. The number of aryl methyl sites for hydroxylation is 1. The fourth-order valence-electron chi connectivity index (χ4n) is 5.24. The number of aliphatic hydroxyl groups is 1. The number of nitrogens with zero attached hydrogens (tertiary/aromatic N) is 5. The predicted octanol–water partition coefficient (Wildman–Crippen LogP) is 3.57. The molecule has 9 nitrogen and oxygen atoms in total. The largest absolute Gasteiger partial charge is 0.389 e. The van der Waals surface area contributed by atoms with Crippen LogP contribution in [0.15, 0.2) is 42.7 Å². The van der Waals surface area contributed by atoms with Crippen LogP contribution in [0.1, 0.15) is 36.6 Å². The number of carbonyl (C=O) groups is 2. The highest BCUT2D eigenvalue weighted by molar-refractivity contribution is 5.94. The predicted molar refractivity (Wildman–Crippen MR) is 143 cm³/mol. The van der Waals surface area contributed by atoms with Crippen molar-refractivity contribution in [3.8, 4) is 11.1 Å². The zero-order valence-electron chi connectivity index (χ0n) is 22.2. The number of aldehydes is 1. The molecular formula is C28H35FN6O3. The molecule has 0 saturated carbocycles. The second-order valence-corrected chi connectivity index (χ2v) is 9.86. The highest BCUT2D eigenvalue weighted by Crippen LogP contribution is 2.39. The normalized spacial score (nSPS) is 17.0. The average molecular weight is 523 g/mol. The Hall–Kier alpha value is -3.63. The van der Waals surface area contributed by atoms with Crippen LogP contribution >= 0.6 is 0 Å². The first kappa shape index (κ1) is 27.4. The van der Waals surface area contributed by atoms with Crippen LogP contribution in [0.25, 0.3) is 11.1 Å². The van der Waals surface area contributed by atoms with Gasteiger partial charge in [-0.25, -0.2) is 14.2 Å². The van der Waals surface area contributed by atoms with Crippen LogP contribution in [0.4, 0.5) is 15.0 Å². The maximum Gasteiger partial charge on any atom is 0.326 e. The van der Waals surface area contributed by atoms with E-state index in [0.717, 1.165) is 54.7 Å².